The first-order valence-electron chi connectivity index (χ1n) is 8.31. The highest BCUT2D eigenvalue weighted by Crippen LogP contribution is 2.38. The Morgan fingerprint density at radius 1 is 1.04 bits per heavy atom. The topological polar surface area (TPSA) is 69.7 Å². The summed E-state index contributed by atoms with van der Waals surface area (Å²) < 4.78 is 15.9. The molecule has 28 heavy (non-hydrogen) atoms. The molecule has 0 bridgehead atoms. The summed E-state index contributed by atoms with van der Waals surface area (Å²) in [6.45, 7) is 0. The summed E-state index contributed by atoms with van der Waals surface area (Å²) in [5, 5.41) is 5.26. The highest BCUT2D eigenvalue weighted by Gasteiger charge is 2.18. The van der Waals surface area contributed by atoms with Crippen LogP contribution in [-0.2, 0) is 0 Å². The highest BCUT2D eigenvalue weighted by molar-refractivity contribution is 7.98. The molecule has 0 radical (unpaired) electrons. The van der Waals surface area contributed by atoms with Crippen LogP contribution in [0.2, 0.25) is 0 Å². The zero-order chi connectivity index (χ0) is 20.1. The Labute approximate surface area is 171 Å². The average molecular weight is 417 g/mol. The molecule has 0 saturated heterocycles. The van der Waals surface area contributed by atoms with Crippen molar-refractivity contribution in [3.63, 3.8) is 0 Å². The number of aromatic nitrogens is 1. The van der Waals surface area contributed by atoms with Crippen molar-refractivity contribution >= 4 is 34.1 Å². The predicted octanol–water partition coefficient (Wildman–Crippen LogP) is 4.81. The highest BCUT2D eigenvalue weighted by atomic mass is 32.2. The minimum absolute atomic E-state index is 0.308. The number of benzene rings is 2. The number of hydrogen-bond donors (Lipinski definition) is 1. The standard InChI is InChI=1S/C20H20N2O4S2/c1-24-16-9-13(10-17(25-2)18(16)26-3)19(23)22-20-21-15(11-28-20)12-5-7-14(27-4)8-6-12/h5-11H,1-4H3,(H,21,22,23). The maximum absolute atomic E-state index is 12.7. The number of amides is 1. The van der Waals surface area contributed by atoms with Gasteiger partial charge in [0.25, 0.3) is 5.91 Å². The quantitative estimate of drug-likeness (QED) is 0.558. The molecule has 1 heterocycles. The average Bonchev–Trinajstić information content (AvgIpc) is 3.20. The molecule has 1 N–H and O–H groups in total. The number of ether oxygens (including phenoxy) is 3. The molecule has 3 rings (SSSR count). The number of carbonyl (C=O) groups is 1. The van der Waals surface area contributed by atoms with Crippen molar-refractivity contribution in [1.82, 2.24) is 4.98 Å². The molecule has 1 aromatic heterocycles. The Bertz CT molecular complexity index is 946. The molecule has 8 heteroatoms. The van der Waals surface area contributed by atoms with Crippen LogP contribution in [0.15, 0.2) is 46.7 Å². The Kier molecular flexibility index (Phi) is 6.43. The van der Waals surface area contributed by atoms with Gasteiger partial charge in [-0.3, -0.25) is 10.1 Å². The molecular weight excluding hydrogens is 396 g/mol. The van der Waals surface area contributed by atoms with E-state index in [0.717, 1.165) is 11.3 Å². The van der Waals surface area contributed by atoms with Gasteiger partial charge in [-0.1, -0.05) is 12.1 Å². The summed E-state index contributed by atoms with van der Waals surface area (Å²) in [5.74, 6) is 0.964. The summed E-state index contributed by atoms with van der Waals surface area (Å²) in [5.41, 5.74) is 2.20. The fourth-order valence-electron chi connectivity index (χ4n) is 2.61. The first-order valence-corrected chi connectivity index (χ1v) is 10.4. The van der Waals surface area contributed by atoms with E-state index >= 15 is 0 Å². The molecule has 6 nitrogen and oxygen atoms in total. The second kappa shape index (κ2) is 8.99. The first-order chi connectivity index (χ1) is 13.6. The van der Waals surface area contributed by atoms with E-state index in [-0.39, 0.29) is 5.91 Å². The first kappa shape index (κ1) is 20.0. The Balaban J connectivity index is 1.81. The number of nitrogens with one attached hydrogen (secondary N) is 1. The third kappa shape index (κ3) is 4.23. The van der Waals surface area contributed by atoms with Crippen LogP contribution < -0.4 is 19.5 Å². The Hall–Kier alpha value is -2.71. The predicted molar refractivity (Wildman–Crippen MR) is 113 cm³/mol. The van der Waals surface area contributed by atoms with Crippen molar-refractivity contribution in [3.8, 4) is 28.5 Å². The lowest BCUT2D eigenvalue weighted by Crippen LogP contribution is -2.12. The summed E-state index contributed by atoms with van der Waals surface area (Å²) in [7, 11) is 4.53. The summed E-state index contributed by atoms with van der Waals surface area (Å²) in [6.07, 6.45) is 2.04. The molecule has 3 aromatic rings. The lowest BCUT2D eigenvalue weighted by molar-refractivity contribution is 0.102. The fraction of sp³-hybridized carbons (Fsp3) is 0.200. The zero-order valence-corrected chi connectivity index (χ0v) is 17.6. The maximum Gasteiger partial charge on any atom is 0.257 e. The molecule has 0 atom stereocenters. The van der Waals surface area contributed by atoms with Gasteiger partial charge in [-0.2, -0.15) is 0 Å². The minimum atomic E-state index is -0.308. The van der Waals surface area contributed by atoms with Crippen LogP contribution in [0.3, 0.4) is 0 Å². The number of thioether (sulfide) groups is 1. The van der Waals surface area contributed by atoms with Crippen LogP contribution in [0.4, 0.5) is 5.13 Å². The molecule has 146 valence electrons. The number of rotatable bonds is 7. The van der Waals surface area contributed by atoms with Crippen LogP contribution in [-0.4, -0.2) is 38.5 Å². The van der Waals surface area contributed by atoms with Crippen molar-refractivity contribution in [2.24, 2.45) is 0 Å². The van der Waals surface area contributed by atoms with Gasteiger partial charge in [0.1, 0.15) is 0 Å². The third-order valence-corrected chi connectivity index (χ3v) is 5.54. The van der Waals surface area contributed by atoms with E-state index in [1.54, 1.807) is 23.9 Å². The zero-order valence-electron chi connectivity index (χ0n) is 15.9. The second-order valence-corrected chi connectivity index (χ2v) is 7.37. The molecule has 0 fully saturated rings. The molecule has 0 unspecified atom stereocenters. The van der Waals surface area contributed by atoms with E-state index < -0.39 is 0 Å². The van der Waals surface area contributed by atoms with Gasteiger partial charge in [0.15, 0.2) is 16.6 Å². The lowest BCUT2D eigenvalue weighted by atomic mass is 10.1. The van der Waals surface area contributed by atoms with E-state index in [2.05, 4.69) is 10.3 Å². The maximum atomic E-state index is 12.7. The number of methoxy groups -OCH3 is 3. The molecule has 0 saturated carbocycles. The van der Waals surface area contributed by atoms with Crippen molar-refractivity contribution < 1.29 is 19.0 Å². The third-order valence-electron chi connectivity index (χ3n) is 4.04. The van der Waals surface area contributed by atoms with E-state index in [1.165, 1.54) is 37.6 Å². The fourth-order valence-corrected chi connectivity index (χ4v) is 3.73. The number of carbonyl (C=O) groups excluding carboxylic acids is 1. The lowest BCUT2D eigenvalue weighted by Gasteiger charge is -2.13. The molecule has 2 aromatic carbocycles. The van der Waals surface area contributed by atoms with Crippen molar-refractivity contribution in [1.29, 1.82) is 0 Å². The van der Waals surface area contributed by atoms with Crippen molar-refractivity contribution in [2.75, 3.05) is 32.9 Å². The monoisotopic (exact) mass is 416 g/mol. The number of thiazole rings is 1. The van der Waals surface area contributed by atoms with Crippen LogP contribution in [0.25, 0.3) is 11.3 Å². The van der Waals surface area contributed by atoms with Gasteiger partial charge in [0.05, 0.1) is 27.0 Å². The SMILES string of the molecule is COc1cc(C(=O)Nc2nc(-c3ccc(SC)cc3)cs2)cc(OC)c1OC. The second-order valence-electron chi connectivity index (χ2n) is 5.63. The van der Waals surface area contributed by atoms with Crippen LogP contribution in [0, 0.1) is 0 Å². The van der Waals surface area contributed by atoms with Gasteiger partial charge in [0, 0.05) is 21.4 Å². The van der Waals surface area contributed by atoms with Gasteiger partial charge < -0.3 is 14.2 Å². The number of hydrogen-bond acceptors (Lipinski definition) is 7. The number of anilines is 1. The number of nitrogens with zero attached hydrogens (tertiary/aromatic N) is 1. The van der Waals surface area contributed by atoms with E-state index in [9.17, 15) is 4.79 Å². The Morgan fingerprint density at radius 3 is 2.21 bits per heavy atom. The van der Waals surface area contributed by atoms with E-state index in [4.69, 9.17) is 14.2 Å². The molecule has 0 aliphatic heterocycles. The van der Waals surface area contributed by atoms with Gasteiger partial charge in [-0.25, -0.2) is 4.98 Å². The molecule has 0 spiro atoms. The molecule has 1 amide bonds. The largest absolute Gasteiger partial charge is 0.493 e. The van der Waals surface area contributed by atoms with Crippen LogP contribution >= 0.6 is 23.1 Å². The van der Waals surface area contributed by atoms with Crippen LogP contribution in [0.5, 0.6) is 17.2 Å². The van der Waals surface area contributed by atoms with E-state index in [1.807, 2.05) is 35.9 Å². The van der Waals surface area contributed by atoms with Gasteiger partial charge >= 0.3 is 0 Å². The summed E-state index contributed by atoms with van der Waals surface area (Å²) in [6, 6.07) is 11.3. The Morgan fingerprint density at radius 2 is 1.68 bits per heavy atom. The van der Waals surface area contributed by atoms with Gasteiger partial charge in [-0.15, -0.1) is 23.1 Å². The van der Waals surface area contributed by atoms with Crippen molar-refractivity contribution in [2.45, 2.75) is 4.90 Å². The summed E-state index contributed by atoms with van der Waals surface area (Å²) >= 11 is 3.06. The van der Waals surface area contributed by atoms with Gasteiger partial charge in [0.2, 0.25) is 5.75 Å². The minimum Gasteiger partial charge on any atom is -0.493 e. The molecule has 0 aliphatic rings. The van der Waals surface area contributed by atoms with Crippen molar-refractivity contribution in [3.05, 3.63) is 47.3 Å². The van der Waals surface area contributed by atoms with E-state index in [0.29, 0.717) is 27.9 Å². The molecular formula is C20H20N2O4S2. The molecule has 0 aliphatic carbocycles. The smallest absolute Gasteiger partial charge is 0.257 e. The summed E-state index contributed by atoms with van der Waals surface area (Å²) in [4.78, 5) is 18.4. The van der Waals surface area contributed by atoms with Crippen LogP contribution in [0.1, 0.15) is 10.4 Å². The normalized spacial score (nSPS) is 10.4. The van der Waals surface area contributed by atoms with Gasteiger partial charge in [-0.05, 0) is 30.5 Å².